The number of fused-ring (bicyclic) bond motifs is 2. The smallest absolute Gasteiger partial charge is 0.255 e. The highest BCUT2D eigenvalue weighted by Gasteiger charge is 2.42. The second kappa shape index (κ2) is 11.0. The molecule has 1 N–H and O–H groups in total. The van der Waals surface area contributed by atoms with Crippen LogP contribution in [0, 0.1) is 17.2 Å². The molecule has 1 aromatic heterocycles. The minimum Gasteiger partial charge on any atom is -0.350 e. The van der Waals surface area contributed by atoms with E-state index in [1.54, 1.807) is 0 Å². The molecule has 3 heterocycles. The lowest BCUT2D eigenvalue weighted by molar-refractivity contribution is -0.127. The Labute approximate surface area is 233 Å². The van der Waals surface area contributed by atoms with Crippen LogP contribution in [0.15, 0.2) is 35.2 Å². The monoisotopic (exact) mass is 558 g/mol. The van der Waals surface area contributed by atoms with Gasteiger partial charge in [0.1, 0.15) is 11.6 Å². The summed E-state index contributed by atoms with van der Waals surface area (Å²) >= 11 is 8.01. The highest BCUT2D eigenvalue weighted by atomic mass is 35.5. The lowest BCUT2D eigenvalue weighted by atomic mass is 9.85. The van der Waals surface area contributed by atoms with E-state index >= 15 is 0 Å². The number of carbonyl (C=O) groups is 2. The average molecular weight is 559 g/mol. The van der Waals surface area contributed by atoms with Gasteiger partial charge in [-0.15, -0.1) is 11.8 Å². The van der Waals surface area contributed by atoms with Gasteiger partial charge in [-0.1, -0.05) is 38.8 Å². The molecule has 1 aromatic carbocycles. The first-order valence-electron chi connectivity index (χ1n) is 13.5. The summed E-state index contributed by atoms with van der Waals surface area (Å²) < 4.78 is 13.5. The maximum absolute atomic E-state index is 13.5. The number of anilines is 1. The van der Waals surface area contributed by atoms with E-state index in [1.165, 1.54) is 18.2 Å². The second-order valence-electron chi connectivity index (χ2n) is 12.0. The molecule has 38 heavy (non-hydrogen) atoms. The lowest BCUT2D eigenvalue weighted by Gasteiger charge is -2.42. The van der Waals surface area contributed by atoms with Crippen molar-refractivity contribution in [3.05, 3.63) is 52.4 Å². The van der Waals surface area contributed by atoms with Gasteiger partial charge in [-0.05, 0) is 61.4 Å². The second-order valence-corrected chi connectivity index (χ2v) is 13.4. The molecular formula is C29H36ClFN4O2S. The van der Waals surface area contributed by atoms with Gasteiger partial charge < -0.3 is 15.1 Å². The third-order valence-electron chi connectivity index (χ3n) is 7.63. The SMILES string of the molecule is CC(C)(C)CSc1cc(CNC(=O)C2CCC2)nc(N2C3CCC2CN(C(=O)c2ccc(F)cc2Cl)C3)c1. The summed E-state index contributed by atoms with van der Waals surface area (Å²) in [6.45, 7) is 8.24. The maximum Gasteiger partial charge on any atom is 0.255 e. The molecule has 2 saturated heterocycles. The highest BCUT2D eigenvalue weighted by Crippen LogP contribution is 2.37. The molecule has 3 aliphatic rings. The molecule has 2 bridgehead atoms. The quantitative estimate of drug-likeness (QED) is 0.427. The Morgan fingerprint density at radius 1 is 1.11 bits per heavy atom. The molecule has 0 radical (unpaired) electrons. The van der Waals surface area contributed by atoms with Gasteiger partial charge in [0.15, 0.2) is 0 Å². The first kappa shape index (κ1) is 27.3. The van der Waals surface area contributed by atoms with Gasteiger partial charge in [0.25, 0.3) is 5.91 Å². The molecular weight excluding hydrogens is 523 g/mol. The van der Waals surface area contributed by atoms with Crippen LogP contribution in [0.5, 0.6) is 0 Å². The molecule has 2 aliphatic heterocycles. The summed E-state index contributed by atoms with van der Waals surface area (Å²) in [7, 11) is 0. The topological polar surface area (TPSA) is 65.5 Å². The largest absolute Gasteiger partial charge is 0.350 e. The van der Waals surface area contributed by atoms with Gasteiger partial charge in [-0.3, -0.25) is 9.59 Å². The number of hydrogen-bond acceptors (Lipinski definition) is 5. The van der Waals surface area contributed by atoms with Crippen LogP contribution in [-0.2, 0) is 11.3 Å². The third-order valence-corrected chi connectivity index (χ3v) is 9.52. The zero-order valence-corrected chi connectivity index (χ0v) is 23.9. The summed E-state index contributed by atoms with van der Waals surface area (Å²) in [6, 6.07) is 8.48. The van der Waals surface area contributed by atoms with Crippen molar-refractivity contribution >= 4 is 41.0 Å². The summed E-state index contributed by atoms with van der Waals surface area (Å²) in [6.07, 6.45) is 5.02. The first-order valence-corrected chi connectivity index (χ1v) is 14.9. The number of amides is 2. The zero-order chi connectivity index (χ0) is 27.0. The number of benzene rings is 1. The summed E-state index contributed by atoms with van der Waals surface area (Å²) in [5.41, 5.74) is 1.38. The van der Waals surface area contributed by atoms with E-state index < -0.39 is 5.82 Å². The van der Waals surface area contributed by atoms with Crippen molar-refractivity contribution in [2.45, 2.75) is 76.4 Å². The van der Waals surface area contributed by atoms with Crippen LogP contribution in [0.3, 0.4) is 0 Å². The number of likely N-dealkylation sites (tertiary alicyclic amines) is 1. The molecule has 1 saturated carbocycles. The molecule has 204 valence electrons. The number of rotatable bonds is 7. The zero-order valence-electron chi connectivity index (χ0n) is 22.3. The van der Waals surface area contributed by atoms with Crippen LogP contribution in [0.4, 0.5) is 10.2 Å². The number of aromatic nitrogens is 1. The van der Waals surface area contributed by atoms with Crippen LogP contribution in [0.2, 0.25) is 5.02 Å². The van der Waals surface area contributed by atoms with E-state index in [2.05, 4.69) is 43.1 Å². The summed E-state index contributed by atoms with van der Waals surface area (Å²) in [5, 5.41) is 3.24. The minimum atomic E-state index is -0.452. The number of piperazine rings is 1. The first-order chi connectivity index (χ1) is 18.1. The van der Waals surface area contributed by atoms with E-state index in [-0.39, 0.29) is 40.3 Å². The van der Waals surface area contributed by atoms with Crippen molar-refractivity contribution in [2.24, 2.45) is 11.3 Å². The van der Waals surface area contributed by atoms with Gasteiger partial charge in [0, 0.05) is 41.7 Å². The van der Waals surface area contributed by atoms with Crippen LogP contribution in [-0.4, -0.2) is 52.6 Å². The molecule has 1 aliphatic carbocycles. The number of thioether (sulfide) groups is 1. The molecule has 9 heteroatoms. The lowest BCUT2D eigenvalue weighted by Crippen LogP contribution is -2.55. The fourth-order valence-corrected chi connectivity index (χ4v) is 6.68. The third kappa shape index (κ3) is 6.12. The Morgan fingerprint density at radius 3 is 2.42 bits per heavy atom. The van der Waals surface area contributed by atoms with Gasteiger partial charge in [0.05, 0.1) is 22.8 Å². The molecule has 2 aromatic rings. The Bertz CT molecular complexity index is 1200. The Morgan fingerprint density at radius 2 is 1.82 bits per heavy atom. The summed E-state index contributed by atoms with van der Waals surface area (Å²) in [4.78, 5) is 36.1. The van der Waals surface area contributed by atoms with E-state index in [4.69, 9.17) is 16.6 Å². The average Bonchev–Trinajstić information content (AvgIpc) is 3.08. The molecule has 6 nitrogen and oxygen atoms in total. The number of hydrogen-bond donors (Lipinski definition) is 1. The maximum atomic E-state index is 13.5. The molecule has 0 spiro atoms. The van der Waals surface area contributed by atoms with Gasteiger partial charge in [-0.2, -0.15) is 0 Å². The minimum absolute atomic E-state index is 0.124. The molecule has 2 atom stereocenters. The summed E-state index contributed by atoms with van der Waals surface area (Å²) in [5.74, 6) is 1.54. The highest BCUT2D eigenvalue weighted by molar-refractivity contribution is 7.99. The predicted molar refractivity (Wildman–Crippen MR) is 150 cm³/mol. The van der Waals surface area contributed by atoms with Crippen LogP contribution < -0.4 is 10.2 Å². The number of halogens is 2. The van der Waals surface area contributed by atoms with Gasteiger partial charge >= 0.3 is 0 Å². The van der Waals surface area contributed by atoms with E-state index in [9.17, 15) is 14.0 Å². The van der Waals surface area contributed by atoms with Gasteiger partial charge in [0.2, 0.25) is 5.91 Å². The number of pyridine rings is 1. The normalized spacial score (nSPS) is 21.4. The fourth-order valence-electron chi connectivity index (χ4n) is 5.42. The van der Waals surface area contributed by atoms with E-state index in [0.29, 0.717) is 25.2 Å². The molecule has 3 fully saturated rings. The van der Waals surface area contributed by atoms with E-state index in [1.807, 2.05) is 16.7 Å². The van der Waals surface area contributed by atoms with E-state index in [0.717, 1.165) is 54.3 Å². The van der Waals surface area contributed by atoms with Crippen LogP contribution >= 0.6 is 23.4 Å². The van der Waals surface area contributed by atoms with Crippen molar-refractivity contribution in [2.75, 3.05) is 23.7 Å². The van der Waals surface area contributed by atoms with Crippen LogP contribution in [0.25, 0.3) is 0 Å². The van der Waals surface area contributed by atoms with Crippen molar-refractivity contribution in [1.29, 1.82) is 0 Å². The number of carbonyl (C=O) groups excluding carboxylic acids is 2. The van der Waals surface area contributed by atoms with Crippen molar-refractivity contribution < 1.29 is 14.0 Å². The standard InChI is InChI=1S/C29H36ClFN4O2S/c1-29(2,3)17-38-23-12-20(14-32-27(36)18-5-4-6-18)33-26(13-23)35-21-8-9-22(35)16-34(15-21)28(37)24-10-7-19(31)11-25(24)30/h7,10-13,18,21-22H,4-6,8-9,14-17H2,1-3H3,(H,32,36). The number of nitrogens with one attached hydrogen (secondary N) is 1. The Hall–Kier alpha value is -2.32. The Balaban J connectivity index is 1.35. The Kier molecular flexibility index (Phi) is 7.92. The molecule has 5 rings (SSSR count). The van der Waals surface area contributed by atoms with Crippen LogP contribution in [0.1, 0.15) is 68.9 Å². The number of nitrogens with zero attached hydrogens (tertiary/aromatic N) is 3. The fraction of sp³-hybridized carbons (Fsp3) is 0.552. The van der Waals surface area contributed by atoms with Gasteiger partial charge in [-0.25, -0.2) is 9.37 Å². The molecule has 2 unspecified atom stereocenters. The predicted octanol–water partition coefficient (Wildman–Crippen LogP) is 5.92. The van der Waals surface area contributed by atoms with Crippen molar-refractivity contribution in [3.8, 4) is 0 Å². The van der Waals surface area contributed by atoms with Crippen molar-refractivity contribution in [1.82, 2.24) is 15.2 Å². The van der Waals surface area contributed by atoms with Crippen molar-refractivity contribution in [3.63, 3.8) is 0 Å². The molecule has 2 amide bonds.